The highest BCUT2D eigenvalue weighted by Gasteiger charge is 2.13. The molecule has 0 bridgehead atoms. The monoisotopic (exact) mass is 313 g/mol. The van der Waals surface area contributed by atoms with Crippen LogP contribution in [0.2, 0.25) is 5.15 Å². The number of alkyl halides is 1. The summed E-state index contributed by atoms with van der Waals surface area (Å²) in [6.07, 6.45) is 4.86. The minimum absolute atomic E-state index is 0.365. The fourth-order valence-electron chi connectivity index (χ4n) is 2.31. The van der Waals surface area contributed by atoms with Gasteiger partial charge in [0.05, 0.1) is 10.8 Å². The number of halogens is 2. The Hall–Kier alpha value is -0.770. The van der Waals surface area contributed by atoms with E-state index in [9.17, 15) is 0 Å². The van der Waals surface area contributed by atoms with Crippen molar-refractivity contribution >= 4 is 34.5 Å². The van der Waals surface area contributed by atoms with Gasteiger partial charge >= 0.3 is 0 Å². The van der Waals surface area contributed by atoms with Gasteiger partial charge in [0, 0.05) is 0 Å². The third kappa shape index (κ3) is 2.88. The molecule has 0 saturated heterocycles. The smallest absolute Gasteiger partial charge is 0.280 e. The normalized spacial score (nSPS) is 14.2. The number of fused-ring (bicyclic) bond motifs is 1. The van der Waals surface area contributed by atoms with Crippen molar-refractivity contribution < 1.29 is 4.74 Å². The molecule has 0 atom stereocenters. The molecule has 0 radical (unpaired) electrons. The number of hydrogen-bond donors (Lipinski definition) is 0. The molecule has 0 fully saturated rings. The van der Waals surface area contributed by atoms with Crippen LogP contribution >= 0.6 is 34.5 Å². The van der Waals surface area contributed by atoms with Gasteiger partial charge in [-0.25, -0.2) is 0 Å². The van der Waals surface area contributed by atoms with Gasteiger partial charge in [0.25, 0.3) is 5.19 Å². The van der Waals surface area contributed by atoms with Crippen LogP contribution in [0.25, 0.3) is 0 Å². The molecular formula is C14H13Cl2NOS. The zero-order valence-electron chi connectivity index (χ0n) is 10.3. The average Bonchev–Trinajstić information content (AvgIpc) is 2.78. The fourth-order valence-corrected chi connectivity index (χ4v) is 3.65. The highest BCUT2D eigenvalue weighted by atomic mass is 35.5. The number of ether oxygens (including phenoxy) is 1. The van der Waals surface area contributed by atoms with Gasteiger partial charge in [0.2, 0.25) is 0 Å². The van der Waals surface area contributed by atoms with Gasteiger partial charge < -0.3 is 4.74 Å². The maximum absolute atomic E-state index is 5.96. The van der Waals surface area contributed by atoms with Crippen molar-refractivity contribution in [2.24, 2.45) is 0 Å². The molecule has 0 N–H and O–H groups in total. The van der Waals surface area contributed by atoms with E-state index in [0.717, 1.165) is 17.0 Å². The molecule has 100 valence electrons. The van der Waals surface area contributed by atoms with E-state index >= 15 is 0 Å². The summed E-state index contributed by atoms with van der Waals surface area (Å²) in [6.45, 7) is 0. The first-order valence-corrected chi connectivity index (χ1v) is 8.00. The van der Waals surface area contributed by atoms with Gasteiger partial charge in [-0.3, -0.25) is 0 Å². The Labute approximate surface area is 126 Å². The summed E-state index contributed by atoms with van der Waals surface area (Å²) in [6, 6.07) is 6.27. The predicted molar refractivity (Wildman–Crippen MR) is 79.8 cm³/mol. The minimum atomic E-state index is 0.365. The summed E-state index contributed by atoms with van der Waals surface area (Å²) in [5.41, 5.74) is 2.83. The second kappa shape index (κ2) is 5.70. The van der Waals surface area contributed by atoms with Crippen molar-refractivity contribution in [2.45, 2.75) is 31.6 Å². The quantitative estimate of drug-likeness (QED) is 0.726. The van der Waals surface area contributed by atoms with Crippen LogP contribution in [0, 0.1) is 0 Å². The van der Waals surface area contributed by atoms with E-state index in [1.165, 1.54) is 41.7 Å². The lowest BCUT2D eigenvalue weighted by Crippen LogP contribution is -2.02. The van der Waals surface area contributed by atoms with Gasteiger partial charge in [-0.2, -0.15) is 4.98 Å². The van der Waals surface area contributed by atoms with E-state index in [4.69, 9.17) is 27.9 Å². The lowest BCUT2D eigenvalue weighted by atomic mass is 9.92. The summed E-state index contributed by atoms with van der Waals surface area (Å²) in [7, 11) is 0. The number of aryl methyl sites for hydroxylation is 2. The zero-order valence-corrected chi connectivity index (χ0v) is 12.6. The van der Waals surface area contributed by atoms with Crippen LogP contribution in [-0.2, 0) is 18.7 Å². The number of hydrogen-bond acceptors (Lipinski definition) is 3. The first kappa shape index (κ1) is 13.2. The summed E-state index contributed by atoms with van der Waals surface area (Å²) in [5.74, 6) is 1.19. The molecule has 1 heterocycles. The zero-order chi connectivity index (χ0) is 13.2. The molecule has 0 saturated carbocycles. The molecule has 19 heavy (non-hydrogen) atoms. The summed E-state index contributed by atoms with van der Waals surface area (Å²) < 4.78 is 5.77. The molecule has 0 amide bonds. The molecule has 0 unspecified atom stereocenters. The van der Waals surface area contributed by atoms with Crippen LogP contribution in [0.5, 0.6) is 10.9 Å². The van der Waals surface area contributed by atoms with E-state index in [-0.39, 0.29) is 0 Å². The second-order valence-corrected chi connectivity index (χ2v) is 6.24. The highest BCUT2D eigenvalue weighted by Crippen LogP contribution is 2.34. The number of aromatic nitrogens is 1. The van der Waals surface area contributed by atoms with Gasteiger partial charge in [-0.1, -0.05) is 29.0 Å². The number of benzene rings is 1. The molecule has 1 aromatic heterocycles. The Kier molecular flexibility index (Phi) is 3.96. The van der Waals surface area contributed by atoms with Crippen LogP contribution in [0.1, 0.15) is 28.8 Å². The Morgan fingerprint density at radius 2 is 2.00 bits per heavy atom. The van der Waals surface area contributed by atoms with Gasteiger partial charge in [0.15, 0.2) is 0 Å². The minimum Gasteiger partial charge on any atom is -0.431 e. The fraction of sp³-hybridized carbons (Fsp3) is 0.357. The molecule has 2 aromatic rings. The molecule has 0 spiro atoms. The van der Waals surface area contributed by atoms with E-state index in [0.29, 0.717) is 16.2 Å². The summed E-state index contributed by atoms with van der Waals surface area (Å²) in [5, 5.41) is 0.990. The van der Waals surface area contributed by atoms with Crippen molar-refractivity contribution in [1.29, 1.82) is 0 Å². The maximum Gasteiger partial charge on any atom is 0.280 e. The Bertz CT molecular complexity index is 597. The largest absolute Gasteiger partial charge is 0.431 e. The van der Waals surface area contributed by atoms with Gasteiger partial charge in [0.1, 0.15) is 10.9 Å². The molecular weight excluding hydrogens is 301 g/mol. The molecule has 5 heteroatoms. The molecule has 1 aliphatic rings. The Morgan fingerprint density at radius 3 is 2.74 bits per heavy atom. The topological polar surface area (TPSA) is 22.1 Å². The first-order valence-electron chi connectivity index (χ1n) is 6.27. The number of thiazole rings is 1. The third-order valence-electron chi connectivity index (χ3n) is 3.28. The predicted octanol–water partition coefficient (Wildman–Crippen LogP) is 5.21. The Balaban J connectivity index is 1.82. The van der Waals surface area contributed by atoms with Crippen molar-refractivity contribution in [3.8, 4) is 10.9 Å². The SMILES string of the molecule is ClCc1sc(Oc2ccc3c(c2)CCCC3)nc1Cl. The number of rotatable bonds is 3. The van der Waals surface area contributed by atoms with Crippen LogP contribution in [0.3, 0.4) is 0 Å². The standard InChI is InChI=1S/C14H13Cl2NOS/c15-8-12-13(16)17-14(19-12)18-11-6-5-9-3-1-2-4-10(9)7-11/h5-7H,1-4,8H2. The van der Waals surface area contributed by atoms with Crippen LogP contribution in [-0.4, -0.2) is 4.98 Å². The lowest BCUT2D eigenvalue weighted by Gasteiger charge is -2.16. The van der Waals surface area contributed by atoms with Gasteiger partial charge in [-0.15, -0.1) is 11.6 Å². The van der Waals surface area contributed by atoms with E-state index < -0.39 is 0 Å². The van der Waals surface area contributed by atoms with Crippen molar-refractivity contribution in [1.82, 2.24) is 4.98 Å². The molecule has 2 nitrogen and oxygen atoms in total. The van der Waals surface area contributed by atoms with Crippen molar-refractivity contribution in [2.75, 3.05) is 0 Å². The first-order chi connectivity index (χ1) is 9.26. The van der Waals surface area contributed by atoms with Crippen LogP contribution in [0.4, 0.5) is 0 Å². The van der Waals surface area contributed by atoms with E-state index in [1.807, 2.05) is 6.07 Å². The summed E-state index contributed by atoms with van der Waals surface area (Å²) in [4.78, 5) is 5.01. The lowest BCUT2D eigenvalue weighted by molar-refractivity contribution is 0.477. The summed E-state index contributed by atoms with van der Waals surface area (Å²) >= 11 is 13.1. The molecule has 1 aromatic carbocycles. The molecule has 1 aliphatic carbocycles. The maximum atomic E-state index is 5.96. The highest BCUT2D eigenvalue weighted by molar-refractivity contribution is 7.14. The molecule has 0 aliphatic heterocycles. The van der Waals surface area contributed by atoms with Gasteiger partial charge in [-0.05, 0) is 48.9 Å². The number of nitrogens with zero attached hydrogens (tertiary/aromatic N) is 1. The van der Waals surface area contributed by atoms with Crippen molar-refractivity contribution in [3.63, 3.8) is 0 Å². The average molecular weight is 314 g/mol. The van der Waals surface area contributed by atoms with Crippen LogP contribution < -0.4 is 4.74 Å². The Morgan fingerprint density at radius 1 is 1.21 bits per heavy atom. The van der Waals surface area contributed by atoms with Crippen molar-refractivity contribution in [3.05, 3.63) is 39.4 Å². The van der Waals surface area contributed by atoms with Crippen LogP contribution in [0.15, 0.2) is 18.2 Å². The molecule has 3 rings (SSSR count). The second-order valence-electron chi connectivity index (χ2n) is 4.57. The van der Waals surface area contributed by atoms with E-state index in [1.54, 1.807) is 0 Å². The third-order valence-corrected chi connectivity index (χ3v) is 5.06. The van der Waals surface area contributed by atoms with E-state index in [2.05, 4.69) is 17.1 Å².